The molecular formula is C30H37NO2. The number of hydrogen-bond donors (Lipinski definition) is 0. The minimum absolute atomic E-state index is 0.773. The highest BCUT2D eigenvalue weighted by molar-refractivity contribution is 5.41. The van der Waals surface area contributed by atoms with Gasteiger partial charge in [0.1, 0.15) is 11.5 Å². The normalized spacial score (nSPS) is 15.2. The van der Waals surface area contributed by atoms with Crippen molar-refractivity contribution in [3.63, 3.8) is 0 Å². The standard InChI is InChI=1S/C30H37NO2/c1-3-17-32-29-13-11-25(12-14-29)22-31-16-5-4-6-18-33-30-15-10-24(2)19-28(30)21-26-8-7-9-27(20-26)23-31/h7-15,19-20H,3-6,16-18,21-23H2,1-2H3. The Balaban J connectivity index is 1.51. The van der Waals surface area contributed by atoms with E-state index in [-0.39, 0.29) is 0 Å². The van der Waals surface area contributed by atoms with Crippen molar-refractivity contribution in [3.05, 3.63) is 94.5 Å². The fourth-order valence-electron chi connectivity index (χ4n) is 4.48. The zero-order chi connectivity index (χ0) is 22.9. The van der Waals surface area contributed by atoms with Gasteiger partial charge in [-0.05, 0) is 79.6 Å². The van der Waals surface area contributed by atoms with Crippen LogP contribution in [0.15, 0.2) is 66.7 Å². The van der Waals surface area contributed by atoms with Crippen molar-refractivity contribution in [1.82, 2.24) is 4.90 Å². The molecule has 3 nitrogen and oxygen atoms in total. The van der Waals surface area contributed by atoms with Crippen molar-refractivity contribution in [3.8, 4) is 11.5 Å². The van der Waals surface area contributed by atoms with E-state index < -0.39 is 0 Å². The van der Waals surface area contributed by atoms with E-state index in [0.29, 0.717) is 0 Å². The van der Waals surface area contributed by atoms with Gasteiger partial charge in [-0.3, -0.25) is 4.90 Å². The van der Waals surface area contributed by atoms with Crippen molar-refractivity contribution in [1.29, 1.82) is 0 Å². The number of benzene rings is 3. The number of ether oxygens (including phenoxy) is 2. The molecule has 0 amide bonds. The van der Waals surface area contributed by atoms with Crippen molar-refractivity contribution in [2.75, 3.05) is 19.8 Å². The van der Waals surface area contributed by atoms with Gasteiger partial charge in [0, 0.05) is 19.5 Å². The van der Waals surface area contributed by atoms with Gasteiger partial charge in [-0.2, -0.15) is 0 Å². The van der Waals surface area contributed by atoms with Gasteiger partial charge in [0.2, 0.25) is 0 Å². The average Bonchev–Trinajstić information content (AvgIpc) is 2.81. The molecule has 3 aromatic carbocycles. The van der Waals surface area contributed by atoms with Crippen LogP contribution in [0.1, 0.15) is 60.4 Å². The minimum atomic E-state index is 0.773. The second-order valence-electron chi connectivity index (χ2n) is 9.22. The third-order valence-corrected chi connectivity index (χ3v) is 6.19. The predicted molar refractivity (Wildman–Crippen MR) is 136 cm³/mol. The molecule has 4 rings (SSSR count). The molecule has 1 aliphatic heterocycles. The van der Waals surface area contributed by atoms with E-state index in [1.165, 1.54) is 40.7 Å². The van der Waals surface area contributed by atoms with Crippen LogP contribution in [-0.2, 0) is 19.5 Å². The molecule has 0 atom stereocenters. The zero-order valence-electron chi connectivity index (χ0n) is 20.2. The molecule has 0 saturated heterocycles. The Bertz CT molecular complexity index is 1010. The highest BCUT2D eigenvalue weighted by Gasteiger charge is 2.11. The topological polar surface area (TPSA) is 21.7 Å². The molecule has 0 unspecified atom stereocenters. The van der Waals surface area contributed by atoms with Gasteiger partial charge in [-0.15, -0.1) is 0 Å². The maximum absolute atomic E-state index is 6.20. The highest BCUT2D eigenvalue weighted by atomic mass is 16.5. The minimum Gasteiger partial charge on any atom is -0.494 e. The lowest BCUT2D eigenvalue weighted by Crippen LogP contribution is -2.24. The third-order valence-electron chi connectivity index (χ3n) is 6.19. The van der Waals surface area contributed by atoms with E-state index in [9.17, 15) is 0 Å². The lowest BCUT2D eigenvalue weighted by molar-refractivity contribution is 0.243. The molecule has 0 aromatic heterocycles. The lowest BCUT2D eigenvalue weighted by atomic mass is 10.00. The number of aryl methyl sites for hydroxylation is 1. The van der Waals surface area contributed by atoms with E-state index in [4.69, 9.17) is 9.47 Å². The monoisotopic (exact) mass is 443 g/mol. The molecular weight excluding hydrogens is 406 g/mol. The molecule has 0 radical (unpaired) electrons. The molecule has 3 heteroatoms. The van der Waals surface area contributed by atoms with Gasteiger partial charge >= 0.3 is 0 Å². The Labute approximate surface area is 199 Å². The summed E-state index contributed by atoms with van der Waals surface area (Å²) in [6.45, 7) is 8.87. The first-order chi connectivity index (χ1) is 16.2. The summed E-state index contributed by atoms with van der Waals surface area (Å²) in [6, 6.07) is 24.3. The van der Waals surface area contributed by atoms with E-state index in [1.54, 1.807) is 0 Å². The summed E-state index contributed by atoms with van der Waals surface area (Å²) >= 11 is 0. The predicted octanol–water partition coefficient (Wildman–Crippen LogP) is 6.94. The Hall–Kier alpha value is -2.78. The van der Waals surface area contributed by atoms with Gasteiger partial charge < -0.3 is 9.47 Å². The Morgan fingerprint density at radius 1 is 0.909 bits per heavy atom. The third kappa shape index (κ3) is 7.10. The van der Waals surface area contributed by atoms with Crippen LogP contribution >= 0.6 is 0 Å². The van der Waals surface area contributed by atoms with Crippen LogP contribution < -0.4 is 9.47 Å². The number of hydrogen-bond acceptors (Lipinski definition) is 3. The Morgan fingerprint density at radius 2 is 1.76 bits per heavy atom. The zero-order valence-corrected chi connectivity index (χ0v) is 20.2. The van der Waals surface area contributed by atoms with Crippen LogP contribution in [0.2, 0.25) is 0 Å². The number of nitrogens with zero attached hydrogens (tertiary/aromatic N) is 1. The molecule has 0 aliphatic carbocycles. The fourth-order valence-corrected chi connectivity index (χ4v) is 4.48. The van der Waals surface area contributed by atoms with Crippen LogP contribution in [0.5, 0.6) is 11.5 Å². The van der Waals surface area contributed by atoms with Crippen LogP contribution in [0.3, 0.4) is 0 Å². The summed E-state index contributed by atoms with van der Waals surface area (Å²) in [6.07, 6.45) is 5.40. The van der Waals surface area contributed by atoms with Crippen molar-refractivity contribution >= 4 is 0 Å². The van der Waals surface area contributed by atoms with Gasteiger partial charge in [-0.1, -0.05) is 61.0 Å². The largest absolute Gasteiger partial charge is 0.494 e. The summed E-state index contributed by atoms with van der Waals surface area (Å²) < 4.78 is 11.9. The molecule has 3 aromatic rings. The summed E-state index contributed by atoms with van der Waals surface area (Å²) in [4.78, 5) is 2.58. The molecule has 0 spiro atoms. The van der Waals surface area contributed by atoms with Crippen LogP contribution in [0.25, 0.3) is 0 Å². The summed E-state index contributed by atoms with van der Waals surface area (Å²) in [7, 11) is 0. The van der Waals surface area contributed by atoms with Crippen molar-refractivity contribution in [2.45, 2.75) is 59.0 Å². The first-order valence-electron chi connectivity index (χ1n) is 12.4. The second-order valence-corrected chi connectivity index (χ2v) is 9.22. The van der Waals surface area contributed by atoms with Crippen molar-refractivity contribution in [2.24, 2.45) is 0 Å². The second kappa shape index (κ2) is 11.9. The molecule has 1 aliphatic rings. The highest BCUT2D eigenvalue weighted by Crippen LogP contribution is 2.25. The molecule has 1 heterocycles. The van der Waals surface area contributed by atoms with Crippen LogP contribution in [-0.4, -0.2) is 24.7 Å². The molecule has 0 fully saturated rings. The van der Waals surface area contributed by atoms with Crippen LogP contribution in [0.4, 0.5) is 0 Å². The first-order valence-corrected chi connectivity index (χ1v) is 12.4. The molecule has 0 N–H and O–H groups in total. The van der Waals surface area contributed by atoms with E-state index >= 15 is 0 Å². The lowest BCUT2D eigenvalue weighted by Gasteiger charge is -2.23. The van der Waals surface area contributed by atoms with Gasteiger partial charge in [0.05, 0.1) is 13.2 Å². The summed E-state index contributed by atoms with van der Waals surface area (Å²) in [5.74, 6) is 2.00. The molecule has 0 saturated carbocycles. The van der Waals surface area contributed by atoms with Gasteiger partial charge in [-0.25, -0.2) is 0 Å². The Kier molecular flexibility index (Phi) is 8.43. The SMILES string of the molecule is CCCOc1ccc(CN2CCCCCOc3ccc(C)cc3Cc3cccc(c3)C2)cc1. The smallest absolute Gasteiger partial charge is 0.122 e. The summed E-state index contributed by atoms with van der Waals surface area (Å²) in [5, 5.41) is 0. The first kappa shape index (κ1) is 23.4. The number of fused-ring (bicyclic) bond motifs is 3. The van der Waals surface area contributed by atoms with Crippen molar-refractivity contribution < 1.29 is 9.47 Å². The quantitative estimate of drug-likeness (QED) is 0.426. The maximum Gasteiger partial charge on any atom is 0.122 e. The van der Waals surface area contributed by atoms with E-state index in [2.05, 4.69) is 85.5 Å². The van der Waals surface area contributed by atoms with E-state index in [0.717, 1.165) is 63.6 Å². The van der Waals surface area contributed by atoms with Crippen LogP contribution in [0, 0.1) is 6.92 Å². The Morgan fingerprint density at radius 3 is 2.61 bits per heavy atom. The van der Waals surface area contributed by atoms with E-state index in [1.807, 2.05) is 0 Å². The maximum atomic E-state index is 6.20. The average molecular weight is 444 g/mol. The molecule has 2 bridgehead atoms. The molecule has 33 heavy (non-hydrogen) atoms. The fraction of sp³-hybridized carbons (Fsp3) is 0.400. The summed E-state index contributed by atoms with van der Waals surface area (Å²) in [5.41, 5.74) is 6.63. The van der Waals surface area contributed by atoms with Gasteiger partial charge in [0.25, 0.3) is 0 Å². The number of rotatable bonds is 5. The molecule has 174 valence electrons. The van der Waals surface area contributed by atoms with Gasteiger partial charge in [0.15, 0.2) is 0 Å².